The van der Waals surface area contributed by atoms with Gasteiger partial charge in [0.15, 0.2) is 0 Å². The lowest BCUT2D eigenvalue weighted by molar-refractivity contribution is 0.157. The van der Waals surface area contributed by atoms with Gasteiger partial charge in [-0.25, -0.2) is 0 Å². The molecule has 0 aliphatic carbocycles. The van der Waals surface area contributed by atoms with Crippen molar-refractivity contribution >= 4 is 21.6 Å². The summed E-state index contributed by atoms with van der Waals surface area (Å²) in [7, 11) is 0. The van der Waals surface area contributed by atoms with Gasteiger partial charge in [-0.05, 0) is 56.2 Å². The number of halogens is 1. The molecule has 2 aromatic rings. The number of nitrogens with zero attached hydrogens (tertiary/aromatic N) is 1. The van der Waals surface area contributed by atoms with Crippen molar-refractivity contribution in [3.63, 3.8) is 0 Å². The molecule has 0 amide bonds. The number of fused-ring (bicyclic) bond motifs is 1. The van der Waals surface area contributed by atoms with Gasteiger partial charge in [-0.1, -0.05) is 22.9 Å². The second-order valence-corrected chi connectivity index (χ2v) is 7.38. The van der Waals surface area contributed by atoms with Crippen LogP contribution in [0, 0.1) is 0 Å². The molecule has 1 aromatic carbocycles. The smallest absolute Gasteiger partial charge is 0.255 e. The third-order valence-corrected chi connectivity index (χ3v) is 4.54. The van der Waals surface area contributed by atoms with Crippen LogP contribution in [0.1, 0.15) is 44.4 Å². The molecule has 1 unspecified atom stereocenters. The van der Waals surface area contributed by atoms with Gasteiger partial charge < -0.3 is 9.84 Å². The number of aliphatic hydroxyl groups is 1. The van der Waals surface area contributed by atoms with E-state index < -0.39 is 11.7 Å². The Balaban J connectivity index is 2.16. The summed E-state index contributed by atoms with van der Waals surface area (Å²) in [4.78, 5) is 12.6. The minimum atomic E-state index is -0.617. The predicted octanol–water partition coefficient (Wildman–Crippen LogP) is 4.11. The fourth-order valence-electron chi connectivity index (χ4n) is 2.85. The molecule has 0 spiro atoms. The number of aliphatic hydroxyl groups excluding tert-OH is 1. The van der Waals surface area contributed by atoms with E-state index in [1.165, 1.54) is 6.07 Å². The largest absolute Gasteiger partial charge is 0.483 e. The Morgan fingerprint density at radius 2 is 2.04 bits per heavy atom. The Kier molecular flexibility index (Phi) is 4.40. The first-order valence-electron chi connectivity index (χ1n) is 7.93. The Morgan fingerprint density at radius 3 is 2.71 bits per heavy atom. The Morgan fingerprint density at radius 1 is 1.29 bits per heavy atom. The first kappa shape index (κ1) is 17.0. The first-order valence-corrected chi connectivity index (χ1v) is 8.73. The number of rotatable bonds is 3. The summed E-state index contributed by atoms with van der Waals surface area (Å²) in [5.74, 6) is 0.741. The van der Waals surface area contributed by atoms with E-state index in [2.05, 4.69) is 15.9 Å². The molecular weight excluding hydrogens is 370 g/mol. The SMILES string of the molecule is CCC(O)c1ccn(C2=CC(C)(C)Oc3ccc(Br)cc32)c(=O)c1. The van der Waals surface area contributed by atoms with Gasteiger partial charge in [-0.3, -0.25) is 9.36 Å². The molecule has 1 atom stereocenters. The molecule has 2 heterocycles. The minimum Gasteiger partial charge on any atom is -0.483 e. The molecule has 1 aliphatic heterocycles. The molecule has 126 valence electrons. The molecule has 0 bridgehead atoms. The third-order valence-electron chi connectivity index (χ3n) is 4.05. The average Bonchev–Trinajstić information content (AvgIpc) is 2.53. The fourth-order valence-corrected chi connectivity index (χ4v) is 3.21. The van der Waals surface area contributed by atoms with Crippen LogP contribution < -0.4 is 10.3 Å². The summed E-state index contributed by atoms with van der Waals surface area (Å²) in [6.07, 6.45) is 3.62. The highest BCUT2D eigenvalue weighted by molar-refractivity contribution is 9.10. The van der Waals surface area contributed by atoms with E-state index in [1.54, 1.807) is 16.8 Å². The molecule has 1 aliphatic rings. The Bertz CT molecular complexity index is 867. The van der Waals surface area contributed by atoms with Gasteiger partial charge in [0.25, 0.3) is 5.56 Å². The molecule has 3 rings (SSSR count). The topological polar surface area (TPSA) is 51.5 Å². The Hall–Kier alpha value is -1.85. The van der Waals surface area contributed by atoms with Crippen molar-refractivity contribution in [3.8, 4) is 5.75 Å². The van der Waals surface area contributed by atoms with Gasteiger partial charge in [-0.2, -0.15) is 0 Å². The van der Waals surface area contributed by atoms with Crippen LogP contribution in [-0.4, -0.2) is 15.3 Å². The van der Waals surface area contributed by atoms with Crippen molar-refractivity contribution < 1.29 is 9.84 Å². The molecule has 24 heavy (non-hydrogen) atoms. The second kappa shape index (κ2) is 6.22. The highest BCUT2D eigenvalue weighted by Gasteiger charge is 2.28. The van der Waals surface area contributed by atoms with Gasteiger partial charge in [-0.15, -0.1) is 0 Å². The summed E-state index contributed by atoms with van der Waals surface area (Å²) in [6.45, 7) is 5.80. The van der Waals surface area contributed by atoms with Gasteiger partial charge in [0, 0.05) is 22.3 Å². The normalized spacial score (nSPS) is 16.8. The second-order valence-electron chi connectivity index (χ2n) is 6.47. The van der Waals surface area contributed by atoms with Crippen molar-refractivity contribution in [2.24, 2.45) is 0 Å². The van der Waals surface area contributed by atoms with Gasteiger partial charge in [0.1, 0.15) is 11.4 Å². The zero-order valence-corrected chi connectivity index (χ0v) is 15.5. The van der Waals surface area contributed by atoms with Crippen LogP contribution in [0.4, 0.5) is 0 Å². The van der Waals surface area contributed by atoms with Crippen molar-refractivity contribution in [3.05, 3.63) is 68.6 Å². The fraction of sp³-hybridized carbons (Fsp3) is 0.316. The van der Waals surface area contributed by atoms with Crippen molar-refractivity contribution in [1.82, 2.24) is 4.57 Å². The van der Waals surface area contributed by atoms with E-state index in [4.69, 9.17) is 4.74 Å². The summed E-state index contributed by atoms with van der Waals surface area (Å²) >= 11 is 3.47. The molecule has 0 saturated heterocycles. The molecule has 5 heteroatoms. The third kappa shape index (κ3) is 3.19. The molecule has 4 nitrogen and oxygen atoms in total. The molecular formula is C19H20BrNO3. The van der Waals surface area contributed by atoms with Crippen molar-refractivity contribution in [2.75, 3.05) is 0 Å². The van der Waals surface area contributed by atoms with E-state index in [0.29, 0.717) is 12.0 Å². The number of hydrogen-bond donors (Lipinski definition) is 1. The maximum absolute atomic E-state index is 12.6. The quantitative estimate of drug-likeness (QED) is 0.858. The average molecular weight is 390 g/mol. The molecule has 0 radical (unpaired) electrons. The first-order chi connectivity index (χ1) is 11.3. The maximum Gasteiger partial charge on any atom is 0.255 e. The lowest BCUT2D eigenvalue weighted by Crippen LogP contribution is -2.32. The number of hydrogen-bond acceptors (Lipinski definition) is 3. The van der Waals surface area contributed by atoms with Crippen LogP contribution in [0.15, 0.2) is 51.9 Å². The highest BCUT2D eigenvalue weighted by atomic mass is 79.9. The highest BCUT2D eigenvalue weighted by Crippen LogP contribution is 2.37. The van der Waals surface area contributed by atoms with Crippen LogP contribution in [-0.2, 0) is 0 Å². The summed E-state index contributed by atoms with van der Waals surface area (Å²) < 4.78 is 8.51. The van der Waals surface area contributed by atoms with E-state index >= 15 is 0 Å². The lowest BCUT2D eigenvalue weighted by Gasteiger charge is -2.31. The standard InChI is InChI=1S/C19H20BrNO3/c1-4-16(22)12-7-8-21(18(23)9-12)15-11-19(2,3)24-17-6-5-13(20)10-14(15)17/h5-11,16,22H,4H2,1-3H3. The minimum absolute atomic E-state index is 0.171. The monoisotopic (exact) mass is 389 g/mol. The zero-order chi connectivity index (χ0) is 17.5. The van der Waals surface area contributed by atoms with Crippen molar-refractivity contribution in [1.29, 1.82) is 0 Å². The van der Waals surface area contributed by atoms with Gasteiger partial charge in [0.2, 0.25) is 0 Å². The molecule has 0 saturated carbocycles. The van der Waals surface area contributed by atoms with E-state index in [0.717, 1.165) is 21.5 Å². The number of aromatic nitrogens is 1. The number of benzene rings is 1. The van der Waals surface area contributed by atoms with Crippen LogP contribution in [0.2, 0.25) is 0 Å². The summed E-state index contributed by atoms with van der Waals surface area (Å²) in [5, 5.41) is 9.94. The number of pyridine rings is 1. The van der Waals surface area contributed by atoms with Crippen LogP contribution in [0.5, 0.6) is 5.75 Å². The number of ether oxygens (including phenoxy) is 1. The maximum atomic E-state index is 12.6. The van der Waals surface area contributed by atoms with Gasteiger partial charge in [0.05, 0.1) is 11.8 Å². The summed E-state index contributed by atoms with van der Waals surface area (Å²) in [6, 6.07) is 9.04. The van der Waals surface area contributed by atoms with E-state index in [9.17, 15) is 9.90 Å². The van der Waals surface area contributed by atoms with E-state index in [1.807, 2.05) is 45.0 Å². The lowest BCUT2D eigenvalue weighted by atomic mass is 9.98. The molecule has 0 fully saturated rings. The Labute approximate surface area is 149 Å². The molecule has 1 N–H and O–H groups in total. The zero-order valence-electron chi connectivity index (χ0n) is 13.9. The predicted molar refractivity (Wildman–Crippen MR) is 98.2 cm³/mol. The van der Waals surface area contributed by atoms with E-state index in [-0.39, 0.29) is 5.56 Å². The van der Waals surface area contributed by atoms with Gasteiger partial charge >= 0.3 is 0 Å². The van der Waals surface area contributed by atoms with Crippen LogP contribution in [0.3, 0.4) is 0 Å². The van der Waals surface area contributed by atoms with Crippen LogP contribution >= 0.6 is 15.9 Å². The van der Waals surface area contributed by atoms with Crippen molar-refractivity contribution in [2.45, 2.75) is 38.9 Å². The molecule has 1 aromatic heterocycles. The van der Waals surface area contributed by atoms with Crippen LogP contribution in [0.25, 0.3) is 5.70 Å². The summed E-state index contributed by atoms with van der Waals surface area (Å²) in [5.41, 5.74) is 1.59.